The Morgan fingerprint density at radius 1 is 1.06 bits per heavy atom. The minimum Gasteiger partial charge on any atom is -0.478 e. The molecular formula is C26H31N3O2. The summed E-state index contributed by atoms with van der Waals surface area (Å²) >= 11 is 0. The minimum atomic E-state index is -0.905. The standard InChI is InChI=1S/C26H31N3O2/c1-2-3-13-24-27-25(21-9-5-4-6-10-21)28-29(24)18-19-14-16-20(17-15-19)22-11-7-8-12-23(22)26(30)31/h7-8,11-12,14-17,21H,2-6,9-10,13,18H2,1H3,(H,30,31). The van der Waals surface area contributed by atoms with Gasteiger partial charge in [0.1, 0.15) is 5.82 Å². The van der Waals surface area contributed by atoms with Gasteiger partial charge in [0.2, 0.25) is 0 Å². The molecule has 1 saturated carbocycles. The Balaban J connectivity index is 1.56. The molecule has 0 atom stereocenters. The van der Waals surface area contributed by atoms with E-state index in [0.717, 1.165) is 47.6 Å². The number of carbonyl (C=O) groups is 1. The molecule has 1 N–H and O–H groups in total. The van der Waals surface area contributed by atoms with Gasteiger partial charge in [0.25, 0.3) is 0 Å². The van der Waals surface area contributed by atoms with Gasteiger partial charge in [-0.15, -0.1) is 0 Å². The maximum Gasteiger partial charge on any atom is 0.336 e. The lowest BCUT2D eigenvalue weighted by molar-refractivity contribution is 0.0697. The van der Waals surface area contributed by atoms with Crippen LogP contribution in [0.1, 0.15) is 85.4 Å². The number of aromatic nitrogens is 3. The number of nitrogens with zero attached hydrogens (tertiary/aromatic N) is 3. The van der Waals surface area contributed by atoms with Crippen LogP contribution in [0.3, 0.4) is 0 Å². The number of aryl methyl sites for hydroxylation is 1. The van der Waals surface area contributed by atoms with Crippen LogP contribution < -0.4 is 0 Å². The van der Waals surface area contributed by atoms with Gasteiger partial charge in [-0.05, 0) is 42.0 Å². The highest BCUT2D eigenvalue weighted by molar-refractivity contribution is 5.95. The molecule has 1 aliphatic rings. The van der Waals surface area contributed by atoms with Gasteiger partial charge >= 0.3 is 5.97 Å². The highest BCUT2D eigenvalue weighted by Crippen LogP contribution is 2.31. The lowest BCUT2D eigenvalue weighted by Gasteiger charge is -2.18. The summed E-state index contributed by atoms with van der Waals surface area (Å²) in [4.78, 5) is 16.5. The summed E-state index contributed by atoms with van der Waals surface area (Å²) in [6, 6.07) is 15.3. The van der Waals surface area contributed by atoms with E-state index in [0.29, 0.717) is 18.0 Å². The van der Waals surface area contributed by atoms with Gasteiger partial charge in [0.15, 0.2) is 5.82 Å². The maximum absolute atomic E-state index is 11.5. The number of carboxylic acids is 1. The lowest BCUT2D eigenvalue weighted by Crippen LogP contribution is -2.09. The van der Waals surface area contributed by atoms with Gasteiger partial charge in [-0.1, -0.05) is 75.1 Å². The number of hydrogen-bond acceptors (Lipinski definition) is 3. The molecule has 0 aliphatic heterocycles. The monoisotopic (exact) mass is 417 g/mol. The summed E-state index contributed by atoms with van der Waals surface area (Å²) in [5.41, 5.74) is 3.12. The van der Waals surface area contributed by atoms with Crippen LogP contribution in [0.5, 0.6) is 0 Å². The molecular weight excluding hydrogens is 386 g/mol. The summed E-state index contributed by atoms with van der Waals surface area (Å²) in [7, 11) is 0. The second-order valence-corrected chi connectivity index (χ2v) is 8.53. The number of hydrogen-bond donors (Lipinski definition) is 1. The van der Waals surface area contributed by atoms with E-state index in [1.165, 1.54) is 32.1 Å². The van der Waals surface area contributed by atoms with Crippen molar-refractivity contribution in [3.8, 4) is 11.1 Å². The second kappa shape index (κ2) is 9.90. The zero-order valence-corrected chi connectivity index (χ0v) is 18.3. The van der Waals surface area contributed by atoms with E-state index in [1.54, 1.807) is 12.1 Å². The minimum absolute atomic E-state index is 0.325. The van der Waals surface area contributed by atoms with Crippen LogP contribution in [-0.2, 0) is 13.0 Å². The number of aromatic carboxylic acids is 1. The molecule has 5 heteroatoms. The zero-order chi connectivity index (χ0) is 21.6. The summed E-state index contributed by atoms with van der Waals surface area (Å²) in [6.45, 7) is 2.90. The predicted molar refractivity (Wildman–Crippen MR) is 122 cm³/mol. The smallest absolute Gasteiger partial charge is 0.336 e. The molecule has 2 aromatic carbocycles. The zero-order valence-electron chi connectivity index (χ0n) is 18.3. The largest absolute Gasteiger partial charge is 0.478 e. The van der Waals surface area contributed by atoms with Crippen LogP contribution in [0.4, 0.5) is 0 Å². The predicted octanol–water partition coefficient (Wildman–Crippen LogP) is 6.08. The summed E-state index contributed by atoms with van der Waals surface area (Å²) < 4.78 is 2.08. The van der Waals surface area contributed by atoms with Crippen LogP contribution in [-0.4, -0.2) is 25.8 Å². The Labute approximate surface area is 184 Å². The normalized spacial score (nSPS) is 14.6. The Bertz CT molecular complexity index is 1020. The van der Waals surface area contributed by atoms with Crippen molar-refractivity contribution in [3.63, 3.8) is 0 Å². The average molecular weight is 418 g/mol. The summed E-state index contributed by atoms with van der Waals surface area (Å²) in [5, 5.41) is 14.4. The van der Waals surface area contributed by atoms with Gasteiger partial charge in [-0.3, -0.25) is 0 Å². The second-order valence-electron chi connectivity index (χ2n) is 8.53. The van der Waals surface area contributed by atoms with Crippen molar-refractivity contribution in [2.75, 3.05) is 0 Å². The van der Waals surface area contributed by atoms with Crippen molar-refractivity contribution in [3.05, 3.63) is 71.3 Å². The molecule has 0 amide bonds. The Morgan fingerprint density at radius 2 is 1.81 bits per heavy atom. The van der Waals surface area contributed by atoms with E-state index in [9.17, 15) is 9.90 Å². The van der Waals surface area contributed by atoms with E-state index in [2.05, 4.69) is 23.7 Å². The molecule has 0 bridgehead atoms. The fraction of sp³-hybridized carbons (Fsp3) is 0.423. The molecule has 3 aromatic rings. The number of benzene rings is 2. The first-order valence-corrected chi connectivity index (χ1v) is 11.5. The quantitative estimate of drug-likeness (QED) is 0.482. The molecule has 1 fully saturated rings. The van der Waals surface area contributed by atoms with Crippen molar-refractivity contribution < 1.29 is 9.90 Å². The average Bonchev–Trinajstić information content (AvgIpc) is 3.21. The van der Waals surface area contributed by atoms with Crippen molar-refractivity contribution in [2.45, 2.75) is 70.8 Å². The molecule has 1 aromatic heterocycles. The van der Waals surface area contributed by atoms with Crippen molar-refractivity contribution in [1.29, 1.82) is 0 Å². The molecule has 31 heavy (non-hydrogen) atoms. The molecule has 0 spiro atoms. The first kappa shape index (κ1) is 21.3. The van der Waals surface area contributed by atoms with E-state index in [4.69, 9.17) is 10.1 Å². The van der Waals surface area contributed by atoms with E-state index >= 15 is 0 Å². The fourth-order valence-electron chi connectivity index (χ4n) is 4.46. The first-order valence-electron chi connectivity index (χ1n) is 11.5. The van der Waals surface area contributed by atoms with Crippen molar-refractivity contribution >= 4 is 5.97 Å². The third-order valence-electron chi connectivity index (χ3n) is 6.24. The van der Waals surface area contributed by atoms with Gasteiger partial charge < -0.3 is 5.11 Å². The van der Waals surface area contributed by atoms with Crippen molar-refractivity contribution in [2.24, 2.45) is 0 Å². The van der Waals surface area contributed by atoms with E-state index < -0.39 is 5.97 Å². The topological polar surface area (TPSA) is 68.0 Å². The van der Waals surface area contributed by atoms with Gasteiger partial charge in [-0.25, -0.2) is 14.5 Å². The highest BCUT2D eigenvalue weighted by atomic mass is 16.4. The molecule has 1 heterocycles. The summed E-state index contributed by atoms with van der Waals surface area (Å²) in [5.74, 6) is 1.71. The molecule has 0 saturated heterocycles. The molecule has 4 rings (SSSR count). The van der Waals surface area contributed by atoms with Gasteiger partial charge in [-0.2, -0.15) is 5.10 Å². The highest BCUT2D eigenvalue weighted by Gasteiger charge is 2.21. The van der Waals surface area contributed by atoms with E-state index in [1.807, 2.05) is 24.3 Å². The Hall–Kier alpha value is -2.95. The Kier molecular flexibility index (Phi) is 6.80. The third kappa shape index (κ3) is 5.04. The SMILES string of the molecule is CCCCc1nc(C2CCCCC2)nn1Cc1ccc(-c2ccccc2C(=O)O)cc1. The Morgan fingerprint density at radius 3 is 2.52 bits per heavy atom. The van der Waals surface area contributed by atoms with Gasteiger partial charge in [0, 0.05) is 12.3 Å². The third-order valence-corrected chi connectivity index (χ3v) is 6.24. The number of unbranched alkanes of at least 4 members (excludes halogenated alkanes) is 1. The van der Waals surface area contributed by atoms with Crippen LogP contribution in [0.2, 0.25) is 0 Å². The maximum atomic E-state index is 11.5. The molecule has 5 nitrogen and oxygen atoms in total. The van der Waals surface area contributed by atoms with Crippen molar-refractivity contribution in [1.82, 2.24) is 14.8 Å². The van der Waals surface area contributed by atoms with Crippen LogP contribution in [0.15, 0.2) is 48.5 Å². The fourth-order valence-corrected chi connectivity index (χ4v) is 4.46. The molecule has 1 aliphatic carbocycles. The number of carboxylic acid groups (broad SMARTS) is 1. The van der Waals surface area contributed by atoms with Gasteiger partial charge in [0.05, 0.1) is 12.1 Å². The van der Waals surface area contributed by atoms with E-state index in [-0.39, 0.29) is 0 Å². The van der Waals surface area contributed by atoms with Crippen LogP contribution in [0, 0.1) is 0 Å². The molecule has 0 unspecified atom stereocenters. The first-order chi connectivity index (χ1) is 15.2. The summed E-state index contributed by atoms with van der Waals surface area (Å²) in [6.07, 6.45) is 9.52. The van der Waals surface area contributed by atoms with Crippen LogP contribution >= 0.6 is 0 Å². The molecule has 0 radical (unpaired) electrons. The molecule has 162 valence electrons. The number of rotatable bonds is 8. The van der Waals surface area contributed by atoms with Crippen LogP contribution in [0.25, 0.3) is 11.1 Å². The lowest BCUT2D eigenvalue weighted by atomic mass is 9.89.